The van der Waals surface area contributed by atoms with E-state index in [2.05, 4.69) is 19.1 Å². The first-order valence-corrected chi connectivity index (χ1v) is 4.99. The Labute approximate surface area is 79.4 Å². The number of benzene rings is 1. The van der Waals surface area contributed by atoms with Crippen LogP contribution < -0.4 is 0 Å². The van der Waals surface area contributed by atoms with Crippen LogP contribution in [0.3, 0.4) is 0 Å². The molecule has 1 aliphatic carbocycles. The second kappa shape index (κ2) is 3.15. The van der Waals surface area contributed by atoms with Crippen molar-refractivity contribution >= 4 is 0 Å². The first kappa shape index (κ1) is 8.76. The number of aliphatic hydroxyl groups is 1. The molecular formula is C12H16O. The van der Waals surface area contributed by atoms with Crippen molar-refractivity contribution < 1.29 is 5.11 Å². The van der Waals surface area contributed by atoms with Gasteiger partial charge in [0.05, 0.1) is 6.10 Å². The van der Waals surface area contributed by atoms with E-state index in [4.69, 9.17) is 0 Å². The van der Waals surface area contributed by atoms with E-state index < -0.39 is 0 Å². The van der Waals surface area contributed by atoms with Gasteiger partial charge in [0.2, 0.25) is 0 Å². The van der Waals surface area contributed by atoms with Gasteiger partial charge in [0.15, 0.2) is 0 Å². The summed E-state index contributed by atoms with van der Waals surface area (Å²) in [6.07, 6.45) is 3.28. The predicted molar refractivity (Wildman–Crippen MR) is 53.8 cm³/mol. The minimum atomic E-state index is -0.313. The number of aliphatic hydroxyl groups excluding tert-OH is 1. The molecule has 1 aliphatic rings. The Kier molecular flexibility index (Phi) is 2.12. The summed E-state index contributed by atoms with van der Waals surface area (Å²) in [6.45, 7) is 4.01. The molecule has 0 saturated heterocycles. The third-order valence-electron chi connectivity index (χ3n) is 3.01. The van der Waals surface area contributed by atoms with E-state index in [9.17, 15) is 5.11 Å². The zero-order valence-corrected chi connectivity index (χ0v) is 8.30. The average Bonchev–Trinajstić information content (AvgIpc) is 2.53. The zero-order chi connectivity index (χ0) is 9.42. The van der Waals surface area contributed by atoms with Crippen molar-refractivity contribution in [1.29, 1.82) is 0 Å². The molecule has 0 bridgehead atoms. The monoisotopic (exact) mass is 176 g/mol. The van der Waals surface area contributed by atoms with Crippen molar-refractivity contribution in [2.75, 3.05) is 0 Å². The maximum absolute atomic E-state index is 9.58. The smallest absolute Gasteiger partial charge is 0.0764 e. The molecule has 1 aromatic rings. The fourth-order valence-electron chi connectivity index (χ4n) is 2.30. The molecule has 1 unspecified atom stereocenters. The van der Waals surface area contributed by atoms with Gasteiger partial charge in [-0.25, -0.2) is 0 Å². The normalized spacial score (nSPS) is 17.2. The molecule has 2 rings (SSSR count). The molecule has 13 heavy (non-hydrogen) atoms. The summed E-state index contributed by atoms with van der Waals surface area (Å²) in [6, 6.07) is 4.20. The average molecular weight is 176 g/mol. The van der Waals surface area contributed by atoms with E-state index in [1.807, 2.05) is 6.92 Å². The lowest BCUT2D eigenvalue weighted by atomic mass is 9.96. The molecule has 1 heteroatoms. The van der Waals surface area contributed by atoms with E-state index in [1.165, 1.54) is 29.5 Å². The second-order valence-electron chi connectivity index (χ2n) is 3.96. The fourth-order valence-corrected chi connectivity index (χ4v) is 2.30. The second-order valence-corrected chi connectivity index (χ2v) is 3.96. The molecule has 70 valence electrons. The summed E-state index contributed by atoms with van der Waals surface area (Å²) in [5, 5.41) is 9.58. The topological polar surface area (TPSA) is 20.2 Å². The highest BCUT2D eigenvalue weighted by molar-refractivity contribution is 5.44. The van der Waals surface area contributed by atoms with Crippen LogP contribution in [0.1, 0.15) is 41.7 Å². The highest BCUT2D eigenvalue weighted by Gasteiger charge is 2.18. The quantitative estimate of drug-likeness (QED) is 0.697. The summed E-state index contributed by atoms with van der Waals surface area (Å²) in [5.41, 5.74) is 5.42. The maximum atomic E-state index is 9.58. The van der Waals surface area contributed by atoms with Crippen molar-refractivity contribution in [3.05, 3.63) is 34.4 Å². The van der Waals surface area contributed by atoms with Crippen LogP contribution in [0.2, 0.25) is 0 Å². The maximum Gasteiger partial charge on any atom is 0.0764 e. The van der Waals surface area contributed by atoms with Crippen LogP contribution in [0.5, 0.6) is 0 Å². The van der Waals surface area contributed by atoms with E-state index in [-0.39, 0.29) is 6.10 Å². The van der Waals surface area contributed by atoms with Crippen molar-refractivity contribution in [2.24, 2.45) is 0 Å². The molecule has 0 radical (unpaired) electrons. The zero-order valence-electron chi connectivity index (χ0n) is 8.30. The van der Waals surface area contributed by atoms with Gasteiger partial charge >= 0.3 is 0 Å². The molecule has 0 spiro atoms. The lowest BCUT2D eigenvalue weighted by Crippen LogP contribution is -1.99. The van der Waals surface area contributed by atoms with Crippen molar-refractivity contribution in [3.63, 3.8) is 0 Å². The van der Waals surface area contributed by atoms with Crippen molar-refractivity contribution in [2.45, 2.75) is 39.2 Å². The molecule has 1 N–H and O–H groups in total. The molecule has 0 fully saturated rings. The van der Waals surface area contributed by atoms with E-state index in [0.717, 1.165) is 12.0 Å². The number of fused-ring (bicyclic) bond motifs is 1. The first-order valence-electron chi connectivity index (χ1n) is 4.99. The van der Waals surface area contributed by atoms with Crippen molar-refractivity contribution in [1.82, 2.24) is 0 Å². The summed E-state index contributed by atoms with van der Waals surface area (Å²) >= 11 is 0. The SMILES string of the molecule is Cc1ccc(C(C)O)c2c1CCC2. The minimum Gasteiger partial charge on any atom is -0.389 e. The molecule has 0 aromatic heterocycles. The Hall–Kier alpha value is -0.820. The molecule has 0 amide bonds. The highest BCUT2D eigenvalue weighted by Crippen LogP contribution is 2.31. The number of rotatable bonds is 1. The summed E-state index contributed by atoms with van der Waals surface area (Å²) in [4.78, 5) is 0. The third kappa shape index (κ3) is 1.37. The lowest BCUT2D eigenvalue weighted by molar-refractivity contribution is 0.198. The Morgan fingerprint density at radius 3 is 2.62 bits per heavy atom. The fraction of sp³-hybridized carbons (Fsp3) is 0.500. The van der Waals surface area contributed by atoms with Gasteiger partial charge < -0.3 is 5.11 Å². The standard InChI is InChI=1S/C12H16O/c1-8-6-7-11(9(2)13)12-5-3-4-10(8)12/h6-7,9,13H,3-5H2,1-2H3. The highest BCUT2D eigenvalue weighted by atomic mass is 16.3. The van der Waals surface area contributed by atoms with Crippen molar-refractivity contribution in [3.8, 4) is 0 Å². The Morgan fingerprint density at radius 1 is 1.23 bits per heavy atom. The Morgan fingerprint density at radius 2 is 1.92 bits per heavy atom. The van der Waals surface area contributed by atoms with Crippen LogP contribution in [-0.2, 0) is 12.8 Å². The number of hydrogen-bond donors (Lipinski definition) is 1. The van der Waals surface area contributed by atoms with Crippen LogP contribution in [0.4, 0.5) is 0 Å². The summed E-state index contributed by atoms with van der Waals surface area (Å²) < 4.78 is 0. The molecule has 0 saturated carbocycles. The lowest BCUT2D eigenvalue weighted by Gasteiger charge is -2.12. The Balaban J connectivity index is 2.56. The van der Waals surface area contributed by atoms with Gasteiger partial charge in [-0.1, -0.05) is 12.1 Å². The van der Waals surface area contributed by atoms with E-state index in [0.29, 0.717) is 0 Å². The third-order valence-corrected chi connectivity index (χ3v) is 3.01. The van der Waals surface area contributed by atoms with E-state index >= 15 is 0 Å². The largest absolute Gasteiger partial charge is 0.389 e. The van der Waals surface area contributed by atoms with Gasteiger partial charge in [-0.3, -0.25) is 0 Å². The molecule has 0 heterocycles. The molecular weight excluding hydrogens is 160 g/mol. The van der Waals surface area contributed by atoms with Crippen LogP contribution >= 0.6 is 0 Å². The van der Waals surface area contributed by atoms with Crippen LogP contribution in [0.25, 0.3) is 0 Å². The van der Waals surface area contributed by atoms with Crippen LogP contribution in [0, 0.1) is 6.92 Å². The van der Waals surface area contributed by atoms with Gasteiger partial charge in [-0.15, -0.1) is 0 Å². The summed E-state index contributed by atoms with van der Waals surface area (Å²) in [5.74, 6) is 0. The molecule has 1 atom stereocenters. The minimum absolute atomic E-state index is 0.313. The first-order chi connectivity index (χ1) is 6.20. The van der Waals surface area contributed by atoms with E-state index in [1.54, 1.807) is 0 Å². The van der Waals surface area contributed by atoms with Gasteiger partial charge in [0.1, 0.15) is 0 Å². The van der Waals surface area contributed by atoms with Gasteiger partial charge in [0.25, 0.3) is 0 Å². The van der Waals surface area contributed by atoms with Gasteiger partial charge in [-0.05, 0) is 55.4 Å². The van der Waals surface area contributed by atoms with Gasteiger partial charge in [-0.2, -0.15) is 0 Å². The van der Waals surface area contributed by atoms with Gasteiger partial charge in [0, 0.05) is 0 Å². The predicted octanol–water partition coefficient (Wildman–Crippen LogP) is 2.54. The Bertz CT molecular complexity index is 326. The molecule has 1 aromatic carbocycles. The molecule has 0 aliphatic heterocycles. The molecule has 1 nitrogen and oxygen atoms in total. The number of aryl methyl sites for hydroxylation is 1. The number of hydrogen-bond acceptors (Lipinski definition) is 1. The van der Waals surface area contributed by atoms with Crippen LogP contribution in [-0.4, -0.2) is 5.11 Å². The van der Waals surface area contributed by atoms with Crippen LogP contribution in [0.15, 0.2) is 12.1 Å². The summed E-state index contributed by atoms with van der Waals surface area (Å²) in [7, 11) is 0.